The van der Waals surface area contributed by atoms with E-state index < -0.39 is 17.8 Å². The maximum absolute atomic E-state index is 11.6. The fourth-order valence-corrected chi connectivity index (χ4v) is 9.57. The number of carbonyl (C=O) groups is 1. The zero-order valence-corrected chi connectivity index (χ0v) is 22.3. The lowest BCUT2D eigenvalue weighted by Crippen LogP contribution is -2.68. The van der Waals surface area contributed by atoms with E-state index in [1.807, 2.05) is 0 Å². The number of hydrogen-bond donors (Lipinski definition) is 3. The van der Waals surface area contributed by atoms with Gasteiger partial charge in [0.2, 0.25) is 0 Å². The highest BCUT2D eigenvalue weighted by atomic mass is 16.5. The molecule has 3 N–H and O–H groups in total. The van der Waals surface area contributed by atoms with Gasteiger partial charge in [-0.1, -0.05) is 40.5 Å². The number of ether oxygens (including phenoxy) is 1. The number of rotatable bonds is 7. The lowest BCUT2D eigenvalue weighted by molar-refractivity contribution is -0.264. The van der Waals surface area contributed by atoms with Crippen LogP contribution in [0.1, 0.15) is 105 Å². The summed E-state index contributed by atoms with van der Waals surface area (Å²) in [5.74, 6) is 3.18. The summed E-state index contributed by atoms with van der Waals surface area (Å²) in [6.07, 6.45) is 9.76. The summed E-state index contributed by atoms with van der Waals surface area (Å²) in [5.41, 5.74) is -1.12. The van der Waals surface area contributed by atoms with Crippen LogP contribution in [0.4, 0.5) is 0 Å². The summed E-state index contributed by atoms with van der Waals surface area (Å²) >= 11 is 0. The molecule has 0 aromatic rings. The van der Waals surface area contributed by atoms with Gasteiger partial charge in [0.15, 0.2) is 0 Å². The molecule has 4 aliphatic rings. The van der Waals surface area contributed by atoms with Crippen molar-refractivity contribution < 1.29 is 24.9 Å². The molecule has 0 aromatic heterocycles. The first-order valence-electron chi connectivity index (χ1n) is 14.1. The molecule has 0 amide bonds. The van der Waals surface area contributed by atoms with Crippen LogP contribution in [0, 0.1) is 46.3 Å². The van der Waals surface area contributed by atoms with Gasteiger partial charge in [0.1, 0.15) is 0 Å². The van der Waals surface area contributed by atoms with Crippen molar-refractivity contribution in [2.75, 3.05) is 6.61 Å². The van der Waals surface area contributed by atoms with Gasteiger partial charge in [0, 0.05) is 18.8 Å². The fourth-order valence-electron chi connectivity index (χ4n) is 9.57. The van der Waals surface area contributed by atoms with Crippen LogP contribution in [0.25, 0.3) is 0 Å². The van der Waals surface area contributed by atoms with Crippen LogP contribution in [-0.4, -0.2) is 45.7 Å². The van der Waals surface area contributed by atoms with E-state index in [0.29, 0.717) is 54.5 Å². The molecular formula is C29H50O5. The quantitative estimate of drug-likeness (QED) is 0.443. The highest BCUT2D eigenvalue weighted by Crippen LogP contribution is 2.69. The smallest absolute Gasteiger partial charge is 0.302 e. The molecule has 34 heavy (non-hydrogen) atoms. The van der Waals surface area contributed by atoms with Crippen LogP contribution in [0.15, 0.2) is 0 Å². The summed E-state index contributed by atoms with van der Waals surface area (Å²) in [7, 11) is 0. The Morgan fingerprint density at radius 1 is 1.03 bits per heavy atom. The molecule has 0 heterocycles. The number of hydrogen-bond acceptors (Lipinski definition) is 5. The molecule has 0 aromatic carbocycles. The molecule has 4 fully saturated rings. The third-order valence-electron chi connectivity index (χ3n) is 11.5. The summed E-state index contributed by atoms with van der Waals surface area (Å²) in [5, 5.41) is 33.2. The Labute approximate surface area is 207 Å². The number of aliphatic hydroxyl groups is 3. The predicted molar refractivity (Wildman–Crippen MR) is 133 cm³/mol. The summed E-state index contributed by atoms with van der Waals surface area (Å²) in [6.45, 7) is 11.4. The van der Waals surface area contributed by atoms with Crippen molar-refractivity contribution in [3.8, 4) is 0 Å². The second-order valence-electron chi connectivity index (χ2n) is 13.4. The summed E-state index contributed by atoms with van der Waals surface area (Å²) < 4.78 is 5.17. The Morgan fingerprint density at radius 3 is 2.47 bits per heavy atom. The minimum Gasteiger partial charge on any atom is -0.466 e. The van der Waals surface area contributed by atoms with Crippen molar-refractivity contribution in [1.29, 1.82) is 0 Å². The molecule has 196 valence electrons. The zero-order chi connectivity index (χ0) is 24.9. The average molecular weight is 479 g/mol. The molecular weight excluding hydrogens is 428 g/mol. The van der Waals surface area contributed by atoms with Gasteiger partial charge in [-0.2, -0.15) is 0 Å². The zero-order valence-electron chi connectivity index (χ0n) is 22.3. The predicted octanol–water partition coefficient (Wildman–Crippen LogP) is 5.10. The Kier molecular flexibility index (Phi) is 7.51. The second-order valence-corrected chi connectivity index (χ2v) is 13.4. The Hall–Kier alpha value is -0.650. The van der Waals surface area contributed by atoms with Gasteiger partial charge >= 0.3 is 5.97 Å². The molecule has 0 aliphatic heterocycles. The molecule has 4 saturated carbocycles. The molecule has 4 unspecified atom stereocenters. The van der Waals surface area contributed by atoms with Crippen LogP contribution >= 0.6 is 0 Å². The van der Waals surface area contributed by atoms with Gasteiger partial charge < -0.3 is 20.1 Å². The molecule has 5 heteroatoms. The fraction of sp³-hybridized carbons (Fsp3) is 0.966. The van der Waals surface area contributed by atoms with Crippen molar-refractivity contribution in [2.45, 2.75) is 123 Å². The maximum atomic E-state index is 11.6. The minimum absolute atomic E-state index is 0.190. The van der Waals surface area contributed by atoms with Crippen LogP contribution in [0.2, 0.25) is 0 Å². The molecule has 0 radical (unpaired) electrons. The van der Waals surface area contributed by atoms with E-state index in [1.54, 1.807) is 0 Å². The summed E-state index contributed by atoms with van der Waals surface area (Å²) in [4.78, 5) is 11.1. The molecule has 0 spiro atoms. The van der Waals surface area contributed by atoms with Crippen molar-refractivity contribution in [1.82, 2.24) is 0 Å². The SMILES string of the molecule is CC(=O)OCC(C)CCC[C@@H](C)[C@H]1CCC2C3C[C@@H](O)[C@@]4(O)C[C@@H](O)CC[C@]4(C)C3CC[C@@]21C. The Balaban J connectivity index is 1.41. The first-order valence-corrected chi connectivity index (χ1v) is 14.1. The Bertz CT molecular complexity index is 740. The molecule has 11 atom stereocenters. The third kappa shape index (κ3) is 4.36. The van der Waals surface area contributed by atoms with Crippen LogP contribution < -0.4 is 0 Å². The summed E-state index contributed by atoms with van der Waals surface area (Å²) in [6, 6.07) is 0. The minimum atomic E-state index is -1.15. The van der Waals surface area contributed by atoms with Crippen molar-refractivity contribution >= 4 is 5.97 Å². The molecule has 5 nitrogen and oxygen atoms in total. The number of esters is 1. The van der Waals surface area contributed by atoms with E-state index >= 15 is 0 Å². The van der Waals surface area contributed by atoms with Crippen LogP contribution in [0.5, 0.6) is 0 Å². The second kappa shape index (κ2) is 9.67. The number of aliphatic hydroxyl groups excluding tert-OH is 2. The molecule has 0 saturated heterocycles. The lowest BCUT2D eigenvalue weighted by atomic mass is 9.42. The van der Waals surface area contributed by atoms with Crippen LogP contribution in [0.3, 0.4) is 0 Å². The van der Waals surface area contributed by atoms with E-state index in [1.165, 1.54) is 39.0 Å². The Morgan fingerprint density at radius 2 is 1.76 bits per heavy atom. The van der Waals surface area contributed by atoms with Crippen LogP contribution in [-0.2, 0) is 9.53 Å². The van der Waals surface area contributed by atoms with Gasteiger partial charge in [0.25, 0.3) is 0 Å². The first-order chi connectivity index (χ1) is 15.9. The van der Waals surface area contributed by atoms with Crippen molar-refractivity contribution in [3.63, 3.8) is 0 Å². The highest BCUT2D eigenvalue weighted by molar-refractivity contribution is 5.65. The largest absolute Gasteiger partial charge is 0.466 e. The van der Waals surface area contributed by atoms with Gasteiger partial charge in [-0.05, 0) is 92.3 Å². The number of fused-ring (bicyclic) bond motifs is 5. The standard InChI is InChI=1S/C29H50O5/c1-18(17-34-20(3)30)7-6-8-19(2)23-9-10-24-22-15-26(32)29(33)16-21(31)11-14-28(29,5)25(22)12-13-27(23,24)4/h18-19,21-26,31-33H,6-17H2,1-5H3/t18?,19-,21+,22?,23-,24?,25?,26-,27-,28-,29+/m1/s1. The monoisotopic (exact) mass is 478 g/mol. The van der Waals surface area contributed by atoms with E-state index in [-0.39, 0.29) is 11.4 Å². The van der Waals surface area contributed by atoms with Crippen molar-refractivity contribution in [3.05, 3.63) is 0 Å². The van der Waals surface area contributed by atoms with Gasteiger partial charge in [-0.15, -0.1) is 0 Å². The van der Waals surface area contributed by atoms with Gasteiger partial charge in [-0.25, -0.2) is 0 Å². The highest BCUT2D eigenvalue weighted by Gasteiger charge is 2.67. The molecule has 4 rings (SSSR count). The van der Waals surface area contributed by atoms with E-state index in [2.05, 4.69) is 27.7 Å². The average Bonchev–Trinajstić information content (AvgIpc) is 3.12. The molecule has 0 bridgehead atoms. The maximum Gasteiger partial charge on any atom is 0.302 e. The first kappa shape index (κ1) is 26.4. The normalized spacial score (nSPS) is 47.8. The lowest BCUT2D eigenvalue weighted by Gasteiger charge is -2.65. The van der Waals surface area contributed by atoms with Gasteiger partial charge in [0.05, 0.1) is 24.4 Å². The third-order valence-corrected chi connectivity index (χ3v) is 11.5. The van der Waals surface area contributed by atoms with E-state index in [0.717, 1.165) is 31.6 Å². The topological polar surface area (TPSA) is 87.0 Å². The van der Waals surface area contributed by atoms with E-state index in [4.69, 9.17) is 4.74 Å². The van der Waals surface area contributed by atoms with Crippen molar-refractivity contribution in [2.24, 2.45) is 46.3 Å². The molecule has 4 aliphatic carbocycles. The van der Waals surface area contributed by atoms with Gasteiger partial charge in [-0.3, -0.25) is 4.79 Å². The number of carbonyl (C=O) groups excluding carboxylic acids is 1. The van der Waals surface area contributed by atoms with E-state index in [9.17, 15) is 20.1 Å².